The molecule has 1 aliphatic rings. The van der Waals surface area contributed by atoms with Crippen molar-refractivity contribution in [2.24, 2.45) is 0 Å². The smallest absolute Gasteiger partial charge is 0.249 e. The molecule has 0 saturated carbocycles. The van der Waals surface area contributed by atoms with Gasteiger partial charge in [0.15, 0.2) is 0 Å². The lowest BCUT2D eigenvalue weighted by Gasteiger charge is -2.23. The number of nitrogens with zero attached hydrogens (tertiary/aromatic N) is 1. The normalized spacial score (nSPS) is 18.6. The Balaban J connectivity index is 2.09. The second-order valence-electron chi connectivity index (χ2n) is 4.83. The number of imide groups is 1. The van der Waals surface area contributed by atoms with Crippen molar-refractivity contribution in [3.63, 3.8) is 0 Å². The number of rotatable bonds is 4. The van der Waals surface area contributed by atoms with E-state index in [1.54, 1.807) is 17.0 Å². The van der Waals surface area contributed by atoms with Crippen LogP contribution in [0, 0.1) is 5.82 Å². The number of piperidine rings is 1. The average Bonchev–Trinajstić information content (AvgIpc) is 2.41. The third-order valence-corrected chi connectivity index (χ3v) is 3.41. The first-order valence-corrected chi connectivity index (χ1v) is 6.62. The molecule has 0 aliphatic carbocycles. The van der Waals surface area contributed by atoms with Gasteiger partial charge >= 0.3 is 0 Å². The number of halogens is 1. The van der Waals surface area contributed by atoms with Gasteiger partial charge in [-0.2, -0.15) is 0 Å². The topological polar surface area (TPSA) is 61.4 Å². The van der Waals surface area contributed by atoms with E-state index in [-0.39, 0.29) is 17.6 Å². The predicted molar refractivity (Wildman–Crippen MR) is 75.1 cm³/mol. The van der Waals surface area contributed by atoms with Crippen molar-refractivity contribution >= 4 is 23.2 Å². The summed E-state index contributed by atoms with van der Waals surface area (Å²) in [5.41, 5.74) is 1.05. The van der Waals surface area contributed by atoms with Crippen LogP contribution in [0.4, 0.5) is 15.8 Å². The highest BCUT2D eigenvalue weighted by molar-refractivity contribution is 6.01. The highest BCUT2D eigenvalue weighted by Gasteiger charge is 2.26. The number of anilines is 2. The van der Waals surface area contributed by atoms with Crippen LogP contribution in [0.5, 0.6) is 0 Å². The molecule has 0 spiro atoms. The van der Waals surface area contributed by atoms with E-state index in [1.165, 1.54) is 6.07 Å². The van der Waals surface area contributed by atoms with E-state index >= 15 is 0 Å². The van der Waals surface area contributed by atoms with Crippen molar-refractivity contribution in [1.82, 2.24) is 5.32 Å². The molecule has 2 amide bonds. The lowest BCUT2D eigenvalue weighted by atomic mass is 10.1. The summed E-state index contributed by atoms with van der Waals surface area (Å²) in [6, 6.07) is 4.27. The van der Waals surface area contributed by atoms with E-state index < -0.39 is 6.04 Å². The van der Waals surface area contributed by atoms with Crippen LogP contribution in [-0.4, -0.2) is 31.4 Å². The first kappa shape index (κ1) is 14.3. The van der Waals surface area contributed by atoms with E-state index in [9.17, 15) is 14.0 Å². The lowest BCUT2D eigenvalue weighted by Crippen LogP contribution is -2.47. The quantitative estimate of drug-likeness (QED) is 0.820. The third-order valence-electron chi connectivity index (χ3n) is 3.41. The largest absolute Gasteiger partial charge is 0.374 e. The highest BCUT2D eigenvalue weighted by Crippen LogP contribution is 2.23. The maximum absolute atomic E-state index is 14.0. The molecule has 1 aliphatic heterocycles. The summed E-state index contributed by atoms with van der Waals surface area (Å²) in [7, 11) is 1.81. The fourth-order valence-electron chi connectivity index (χ4n) is 2.11. The third kappa shape index (κ3) is 3.07. The molecule has 1 atom stereocenters. The summed E-state index contributed by atoms with van der Waals surface area (Å²) in [6.07, 6.45) is 0.714. The summed E-state index contributed by atoms with van der Waals surface area (Å²) in [6.45, 7) is 2.64. The Hall–Kier alpha value is -2.11. The monoisotopic (exact) mass is 279 g/mol. The lowest BCUT2D eigenvalue weighted by molar-refractivity contribution is -0.133. The van der Waals surface area contributed by atoms with E-state index in [0.29, 0.717) is 30.8 Å². The first-order chi connectivity index (χ1) is 9.51. The molecule has 1 unspecified atom stereocenters. The van der Waals surface area contributed by atoms with Crippen LogP contribution in [0.2, 0.25) is 0 Å². The Labute approximate surface area is 117 Å². The van der Waals surface area contributed by atoms with E-state index in [2.05, 4.69) is 10.6 Å². The Morgan fingerprint density at radius 2 is 2.20 bits per heavy atom. The molecule has 2 N–H and O–H groups in total. The second kappa shape index (κ2) is 5.90. The van der Waals surface area contributed by atoms with Crippen LogP contribution in [0.3, 0.4) is 0 Å². The van der Waals surface area contributed by atoms with Crippen LogP contribution in [-0.2, 0) is 9.59 Å². The van der Waals surface area contributed by atoms with Crippen molar-refractivity contribution in [1.29, 1.82) is 0 Å². The molecule has 1 fully saturated rings. The van der Waals surface area contributed by atoms with Crippen LogP contribution < -0.4 is 15.5 Å². The van der Waals surface area contributed by atoms with Crippen LogP contribution in [0.25, 0.3) is 0 Å². The molecule has 6 heteroatoms. The average molecular weight is 279 g/mol. The molecule has 0 radical (unpaired) electrons. The van der Waals surface area contributed by atoms with Crippen molar-refractivity contribution < 1.29 is 14.0 Å². The summed E-state index contributed by atoms with van der Waals surface area (Å²) in [4.78, 5) is 24.5. The minimum Gasteiger partial charge on any atom is -0.374 e. The molecule has 2 rings (SSSR count). The molecule has 0 bridgehead atoms. The van der Waals surface area contributed by atoms with Crippen molar-refractivity contribution in [2.75, 3.05) is 23.8 Å². The number of hydrogen-bond donors (Lipinski definition) is 2. The summed E-state index contributed by atoms with van der Waals surface area (Å²) in [5, 5.41) is 5.21. The Morgan fingerprint density at radius 1 is 1.45 bits per heavy atom. The Bertz CT molecular complexity index is 533. The molecule has 20 heavy (non-hydrogen) atoms. The number of carbonyl (C=O) groups is 2. The van der Waals surface area contributed by atoms with Gasteiger partial charge in [-0.1, -0.05) is 0 Å². The van der Waals surface area contributed by atoms with Crippen LogP contribution in [0.15, 0.2) is 18.2 Å². The van der Waals surface area contributed by atoms with Gasteiger partial charge in [0.05, 0.1) is 5.69 Å². The zero-order chi connectivity index (χ0) is 14.7. The second-order valence-corrected chi connectivity index (χ2v) is 4.83. The van der Waals surface area contributed by atoms with Gasteiger partial charge in [0, 0.05) is 25.7 Å². The number of amides is 2. The predicted octanol–water partition coefficient (Wildman–Crippen LogP) is 1.50. The van der Waals surface area contributed by atoms with Gasteiger partial charge in [0.1, 0.15) is 11.9 Å². The maximum Gasteiger partial charge on any atom is 0.249 e. The van der Waals surface area contributed by atoms with Gasteiger partial charge in [-0.25, -0.2) is 4.39 Å². The Morgan fingerprint density at radius 3 is 2.80 bits per heavy atom. The van der Waals surface area contributed by atoms with E-state index in [4.69, 9.17) is 0 Å². The van der Waals surface area contributed by atoms with Crippen molar-refractivity contribution in [2.45, 2.75) is 25.8 Å². The minimum absolute atomic E-state index is 0.265. The van der Waals surface area contributed by atoms with E-state index in [1.807, 2.05) is 14.0 Å². The zero-order valence-corrected chi connectivity index (χ0v) is 11.6. The molecule has 5 nitrogen and oxygen atoms in total. The number of nitrogens with one attached hydrogen (secondary N) is 2. The number of benzene rings is 1. The molecule has 1 aromatic carbocycles. The molecule has 1 heterocycles. The number of hydrogen-bond acceptors (Lipinski definition) is 4. The number of carbonyl (C=O) groups excluding carboxylic acids is 2. The Kier molecular flexibility index (Phi) is 4.22. The van der Waals surface area contributed by atoms with Gasteiger partial charge < -0.3 is 10.2 Å². The van der Waals surface area contributed by atoms with Gasteiger partial charge in [-0.3, -0.25) is 14.9 Å². The first-order valence-electron chi connectivity index (χ1n) is 6.62. The summed E-state index contributed by atoms with van der Waals surface area (Å²) < 4.78 is 14.0. The van der Waals surface area contributed by atoms with Crippen LogP contribution >= 0.6 is 0 Å². The standard InChI is InChI=1S/C14H18FN3O2/c1-3-18(2)12-6-4-9(8-10(12)15)16-11-5-7-13(19)17-14(11)20/h4,6,8,11,16H,3,5,7H2,1-2H3,(H,17,19,20). The zero-order valence-electron chi connectivity index (χ0n) is 11.6. The molecular formula is C14H18FN3O2. The fraction of sp³-hybridized carbons (Fsp3) is 0.429. The fourth-order valence-corrected chi connectivity index (χ4v) is 2.11. The highest BCUT2D eigenvalue weighted by atomic mass is 19.1. The summed E-state index contributed by atoms with van der Waals surface area (Å²) in [5.74, 6) is -0.970. The maximum atomic E-state index is 14.0. The molecule has 1 saturated heterocycles. The molecule has 1 aromatic rings. The van der Waals surface area contributed by atoms with Crippen molar-refractivity contribution in [3.05, 3.63) is 24.0 Å². The van der Waals surface area contributed by atoms with Gasteiger partial charge in [-0.15, -0.1) is 0 Å². The van der Waals surface area contributed by atoms with Crippen LogP contribution in [0.1, 0.15) is 19.8 Å². The SMILES string of the molecule is CCN(C)c1ccc(NC2CCC(=O)NC2=O)cc1F. The minimum atomic E-state index is -0.498. The molecule has 108 valence electrons. The molecule has 0 aromatic heterocycles. The molecular weight excluding hydrogens is 261 g/mol. The van der Waals surface area contributed by atoms with Gasteiger partial charge in [-0.05, 0) is 31.5 Å². The van der Waals surface area contributed by atoms with E-state index in [0.717, 1.165) is 0 Å². The van der Waals surface area contributed by atoms with Gasteiger partial charge in [0.2, 0.25) is 11.8 Å². The van der Waals surface area contributed by atoms with Gasteiger partial charge in [0.25, 0.3) is 0 Å². The van der Waals surface area contributed by atoms with Crippen molar-refractivity contribution in [3.8, 4) is 0 Å². The summed E-state index contributed by atoms with van der Waals surface area (Å²) >= 11 is 0.